The molecule has 6 N–H and O–H groups in total. The Morgan fingerprint density at radius 1 is 0.639 bits per heavy atom. The number of hydrogen-bond acceptors (Lipinski definition) is 15. The second kappa shape index (κ2) is 25.8. The van der Waals surface area contributed by atoms with Gasteiger partial charge in [-0.15, -0.1) is 11.6 Å². The quantitative estimate of drug-likeness (QED) is 0.0901. The average molecular weight is 1030 g/mol. The largest absolute Gasteiger partial charge is 0.373 e. The highest BCUT2D eigenvalue weighted by molar-refractivity contribution is 6.34. The van der Waals surface area contributed by atoms with E-state index in [0.717, 1.165) is 43.9 Å². The molecule has 0 bridgehead atoms. The third kappa shape index (κ3) is 14.1. The van der Waals surface area contributed by atoms with Crippen LogP contribution < -0.4 is 31.9 Å². The molecule has 5 aromatic rings. The van der Waals surface area contributed by atoms with Crippen LogP contribution in [-0.2, 0) is 14.2 Å². The van der Waals surface area contributed by atoms with Crippen LogP contribution in [0.25, 0.3) is 0 Å². The lowest BCUT2D eigenvalue weighted by Gasteiger charge is -2.41. The molecule has 5 atom stereocenters. The van der Waals surface area contributed by atoms with Crippen molar-refractivity contribution < 1.29 is 28.6 Å². The Balaban J connectivity index is 0.000000158. The molecular formula is C51H47Cl3N12O6. The van der Waals surface area contributed by atoms with Gasteiger partial charge < -0.3 is 46.1 Å². The zero-order valence-electron chi connectivity index (χ0n) is 38.4. The number of alkyl halides is 1. The minimum absolute atomic E-state index is 0.0406. The summed E-state index contributed by atoms with van der Waals surface area (Å²) in [6.07, 6.45) is 8.36. The molecule has 1 aliphatic carbocycles. The molecule has 0 spiro atoms. The number of pyridine rings is 3. The lowest BCUT2D eigenvalue weighted by atomic mass is 9.88. The topological polar surface area (TPSA) is 261 Å². The fraction of sp³-hybridized carbons (Fsp3) is 0.275. The van der Waals surface area contributed by atoms with E-state index in [1.807, 2.05) is 54.6 Å². The second-order valence-corrected chi connectivity index (χ2v) is 17.7. The van der Waals surface area contributed by atoms with Crippen molar-refractivity contribution in [2.45, 2.75) is 29.2 Å². The summed E-state index contributed by atoms with van der Waals surface area (Å²) in [4.78, 5) is 48.0. The van der Waals surface area contributed by atoms with E-state index in [4.69, 9.17) is 64.8 Å². The Kier molecular flexibility index (Phi) is 18.9. The number of rotatable bonds is 9. The van der Waals surface area contributed by atoms with E-state index < -0.39 is 16.8 Å². The molecule has 4 aliphatic rings. The number of anilines is 2. The molecule has 2 aromatic carbocycles. The van der Waals surface area contributed by atoms with Gasteiger partial charge in [-0.1, -0.05) is 71.8 Å². The SMILES string of the molecule is N#Cc1ccc(C(=O)Nc2ccc([C@H]3CNCCO3)cc2Cl)nc1.N#Cc1cccc(C(=O)N[C@@H]2C=CC=CC2(Cl)C2CNCCO2)n1.N#Cc1cccc(C(=O)Nc2ccc([C@H]3CNCCO3)cc2Cl)n1. The Morgan fingerprint density at radius 3 is 1.65 bits per heavy atom. The summed E-state index contributed by atoms with van der Waals surface area (Å²) in [5.74, 6) is -1.19. The number of nitrogens with zero attached hydrogens (tertiary/aromatic N) is 6. The van der Waals surface area contributed by atoms with Gasteiger partial charge in [0.05, 0.1) is 71.2 Å². The first kappa shape index (κ1) is 52.7. The van der Waals surface area contributed by atoms with Gasteiger partial charge in [0.25, 0.3) is 17.7 Å². The van der Waals surface area contributed by atoms with Crippen LogP contribution in [-0.4, -0.2) is 109 Å². The van der Waals surface area contributed by atoms with Crippen molar-refractivity contribution >= 4 is 63.9 Å². The first-order valence-electron chi connectivity index (χ1n) is 22.6. The molecule has 3 saturated heterocycles. The number of benzene rings is 2. The number of morpholine rings is 3. The Hall–Kier alpha value is -7.12. The van der Waals surface area contributed by atoms with Crippen LogP contribution in [0.2, 0.25) is 10.0 Å². The molecule has 18 nitrogen and oxygen atoms in total. The molecule has 6 heterocycles. The summed E-state index contributed by atoms with van der Waals surface area (Å²) in [7, 11) is 0. The van der Waals surface area contributed by atoms with E-state index in [0.29, 0.717) is 53.3 Å². The Labute approximate surface area is 430 Å². The first-order valence-corrected chi connectivity index (χ1v) is 23.8. The van der Waals surface area contributed by atoms with Gasteiger partial charge in [0, 0.05) is 45.5 Å². The van der Waals surface area contributed by atoms with Crippen LogP contribution in [0.1, 0.15) is 71.8 Å². The highest BCUT2D eigenvalue weighted by Gasteiger charge is 2.44. The molecule has 3 amide bonds. The van der Waals surface area contributed by atoms with Gasteiger partial charge in [-0.05, 0) is 71.8 Å². The average Bonchev–Trinajstić information content (AvgIpc) is 3.43. The van der Waals surface area contributed by atoms with Crippen molar-refractivity contribution in [3.05, 3.63) is 171 Å². The molecule has 3 aromatic heterocycles. The molecule has 0 radical (unpaired) electrons. The maximum atomic E-state index is 12.5. The van der Waals surface area contributed by atoms with Crippen LogP contribution in [0.4, 0.5) is 11.4 Å². The smallest absolute Gasteiger partial charge is 0.274 e. The van der Waals surface area contributed by atoms with E-state index >= 15 is 0 Å². The zero-order chi connectivity index (χ0) is 50.9. The lowest BCUT2D eigenvalue weighted by Crippen LogP contribution is -2.59. The minimum atomic E-state index is -0.884. The van der Waals surface area contributed by atoms with Gasteiger partial charge in [0.1, 0.15) is 51.6 Å². The van der Waals surface area contributed by atoms with Crippen molar-refractivity contribution in [1.29, 1.82) is 15.8 Å². The number of carbonyl (C=O) groups excluding carboxylic acids is 3. The summed E-state index contributed by atoms with van der Waals surface area (Å²) in [5, 5.41) is 45.5. The summed E-state index contributed by atoms with van der Waals surface area (Å²) in [6, 6.07) is 28.6. The van der Waals surface area contributed by atoms with Crippen LogP contribution in [0.5, 0.6) is 0 Å². The van der Waals surface area contributed by atoms with E-state index in [2.05, 4.69) is 46.9 Å². The zero-order valence-corrected chi connectivity index (χ0v) is 40.7. The van der Waals surface area contributed by atoms with E-state index in [9.17, 15) is 14.4 Å². The number of halogens is 3. The number of ether oxygens (including phenoxy) is 3. The van der Waals surface area contributed by atoms with Crippen molar-refractivity contribution in [1.82, 2.24) is 36.2 Å². The van der Waals surface area contributed by atoms with Gasteiger partial charge in [-0.25, -0.2) is 15.0 Å². The maximum absolute atomic E-state index is 12.5. The van der Waals surface area contributed by atoms with Gasteiger partial charge >= 0.3 is 0 Å². The Morgan fingerprint density at radius 2 is 1.18 bits per heavy atom. The number of aromatic nitrogens is 3. The molecule has 9 rings (SSSR count). The highest BCUT2D eigenvalue weighted by atomic mass is 35.5. The third-order valence-electron chi connectivity index (χ3n) is 11.3. The minimum Gasteiger partial charge on any atom is -0.373 e. The molecule has 2 unspecified atom stereocenters. The molecule has 0 saturated carbocycles. The number of nitrogens with one attached hydrogen (secondary N) is 6. The number of nitriles is 3. The summed E-state index contributed by atoms with van der Waals surface area (Å²) < 4.78 is 17.2. The highest BCUT2D eigenvalue weighted by Crippen LogP contribution is 2.33. The van der Waals surface area contributed by atoms with Crippen molar-refractivity contribution in [3.63, 3.8) is 0 Å². The van der Waals surface area contributed by atoms with Crippen LogP contribution >= 0.6 is 34.8 Å². The van der Waals surface area contributed by atoms with Gasteiger partial charge in [-0.2, -0.15) is 15.8 Å². The van der Waals surface area contributed by atoms with E-state index in [-0.39, 0.29) is 58.6 Å². The molecule has 3 fully saturated rings. The lowest BCUT2D eigenvalue weighted by molar-refractivity contribution is 0.00642. The monoisotopic (exact) mass is 1030 g/mol. The first-order chi connectivity index (χ1) is 35.0. The second-order valence-electron chi connectivity index (χ2n) is 16.2. The fourth-order valence-corrected chi connectivity index (χ4v) is 8.41. The summed E-state index contributed by atoms with van der Waals surface area (Å²) >= 11 is 19.4. The fourth-order valence-electron chi connectivity index (χ4n) is 7.60. The van der Waals surface area contributed by atoms with Gasteiger partial charge in [-0.3, -0.25) is 14.4 Å². The van der Waals surface area contributed by atoms with Gasteiger partial charge in [0.15, 0.2) is 0 Å². The van der Waals surface area contributed by atoms with Crippen molar-refractivity contribution in [3.8, 4) is 18.2 Å². The molecule has 3 aliphatic heterocycles. The van der Waals surface area contributed by atoms with Crippen molar-refractivity contribution in [2.24, 2.45) is 0 Å². The molecule has 21 heteroatoms. The molecule has 72 heavy (non-hydrogen) atoms. The predicted octanol–water partition coefficient (Wildman–Crippen LogP) is 6.18. The van der Waals surface area contributed by atoms with Crippen LogP contribution in [0.3, 0.4) is 0 Å². The number of hydrogen-bond donors (Lipinski definition) is 6. The Bertz CT molecular complexity index is 2920. The van der Waals surface area contributed by atoms with Crippen LogP contribution in [0, 0.1) is 34.0 Å². The predicted molar refractivity (Wildman–Crippen MR) is 270 cm³/mol. The summed E-state index contributed by atoms with van der Waals surface area (Å²) in [6.45, 7) is 6.42. The maximum Gasteiger partial charge on any atom is 0.274 e. The van der Waals surface area contributed by atoms with Gasteiger partial charge in [0.2, 0.25) is 0 Å². The van der Waals surface area contributed by atoms with Crippen molar-refractivity contribution in [2.75, 3.05) is 69.7 Å². The molecule has 368 valence electrons. The standard InChI is InChI=1S/C17H15ClN4O2.C17H17ClN4O2.C17H15ClN4O2/c18-13-7-12(16-10-20-5-6-24-16)2-4-14(13)22-17(23)15-3-1-11(8-19)9-21-15;18-17(15-11-20-8-9-24-15)7-2-1-6-14(17)22-16(23)13-5-3-4-12(10-19)21-13;18-13-8-11(16-10-20-6-7-24-16)4-5-14(13)22-17(23)15-3-1-2-12(9-19)21-15/h1-4,7,9,16,20H,5-6,10H2,(H,22,23);1-7,14-15,20H,8-9,11H2,(H,22,23);1-5,8,16,20H,6-7,10H2,(H,22,23)/t16-;14-,15?,17?;16-/m111/s1. The van der Waals surface area contributed by atoms with E-state index in [1.165, 1.54) is 18.3 Å². The number of amides is 3. The third-order valence-corrected chi connectivity index (χ3v) is 12.6. The summed E-state index contributed by atoms with van der Waals surface area (Å²) in [5.41, 5.74) is 4.23. The number of carbonyl (C=O) groups is 3. The normalized spacial score (nSPS) is 21.1. The number of allylic oxidation sites excluding steroid dienone is 2. The van der Waals surface area contributed by atoms with Crippen LogP contribution in [0.15, 0.2) is 115 Å². The molecular weight excluding hydrogens is 983 g/mol. The van der Waals surface area contributed by atoms with E-state index in [1.54, 1.807) is 60.7 Å².